The van der Waals surface area contributed by atoms with Gasteiger partial charge >= 0.3 is 6.03 Å². The fourth-order valence-corrected chi connectivity index (χ4v) is 3.73. The van der Waals surface area contributed by atoms with E-state index in [9.17, 15) is 9.90 Å². The number of urea groups is 1. The summed E-state index contributed by atoms with van der Waals surface area (Å²) in [7, 11) is 0. The van der Waals surface area contributed by atoms with E-state index in [0.29, 0.717) is 6.54 Å². The normalized spacial score (nSPS) is 20.2. The molecule has 2 unspecified atom stereocenters. The van der Waals surface area contributed by atoms with Gasteiger partial charge in [-0.25, -0.2) is 4.79 Å². The maximum atomic E-state index is 12.4. The van der Waals surface area contributed by atoms with E-state index in [2.05, 4.69) is 26.1 Å². The molecule has 0 spiro atoms. The molecule has 1 aliphatic heterocycles. The maximum absolute atomic E-state index is 12.4. The second-order valence-electron chi connectivity index (χ2n) is 7.26. The van der Waals surface area contributed by atoms with Crippen LogP contribution in [-0.4, -0.2) is 40.0 Å². The Kier molecular flexibility index (Phi) is 5.98. The first-order valence-electron chi connectivity index (χ1n) is 8.28. The fraction of sp³-hybridized carbons (Fsp3) is 0.611. The van der Waals surface area contributed by atoms with Crippen LogP contribution >= 0.6 is 11.8 Å². The molecule has 2 amide bonds. The van der Waals surface area contributed by atoms with Gasteiger partial charge in [0.15, 0.2) is 0 Å². The second kappa shape index (κ2) is 7.58. The summed E-state index contributed by atoms with van der Waals surface area (Å²) in [5.41, 5.74) is 0.812. The van der Waals surface area contributed by atoms with E-state index in [0.717, 1.165) is 25.1 Å². The molecule has 2 N–H and O–H groups in total. The van der Waals surface area contributed by atoms with Crippen molar-refractivity contribution in [2.75, 3.05) is 18.4 Å². The lowest BCUT2D eigenvalue weighted by molar-refractivity contribution is 0.0766. The molecule has 1 fully saturated rings. The number of carbonyl (C=O) groups is 1. The van der Waals surface area contributed by atoms with Gasteiger partial charge in [-0.1, -0.05) is 20.8 Å². The van der Waals surface area contributed by atoms with Crippen LogP contribution in [0, 0.1) is 5.92 Å². The highest BCUT2D eigenvalue weighted by molar-refractivity contribution is 8.00. The number of piperidine rings is 1. The molecule has 1 aromatic rings. The molecular weight excluding hydrogens is 308 g/mol. The average molecular weight is 337 g/mol. The molecule has 0 saturated carbocycles. The van der Waals surface area contributed by atoms with E-state index in [4.69, 9.17) is 0 Å². The Labute approximate surface area is 143 Å². The van der Waals surface area contributed by atoms with Crippen molar-refractivity contribution in [2.45, 2.75) is 56.3 Å². The number of nitrogens with one attached hydrogen (secondary N) is 1. The minimum absolute atomic E-state index is 0.0772. The third-order valence-electron chi connectivity index (χ3n) is 3.96. The van der Waals surface area contributed by atoms with Gasteiger partial charge < -0.3 is 15.3 Å². The first kappa shape index (κ1) is 18.1. The number of nitrogens with zero attached hydrogens (tertiary/aromatic N) is 1. The number of aliphatic hydroxyl groups is 1. The fourth-order valence-electron chi connectivity index (χ4n) is 2.75. The molecule has 0 radical (unpaired) electrons. The average Bonchev–Trinajstić information content (AvgIpc) is 2.48. The van der Waals surface area contributed by atoms with Crippen LogP contribution < -0.4 is 5.32 Å². The monoisotopic (exact) mass is 336 g/mol. The van der Waals surface area contributed by atoms with Gasteiger partial charge in [0.1, 0.15) is 0 Å². The summed E-state index contributed by atoms with van der Waals surface area (Å²) < 4.78 is 0.175. The van der Waals surface area contributed by atoms with Crippen molar-refractivity contribution in [3.63, 3.8) is 0 Å². The zero-order valence-corrected chi connectivity index (χ0v) is 15.3. The minimum Gasteiger partial charge on any atom is -0.393 e. The van der Waals surface area contributed by atoms with Gasteiger partial charge in [-0.05, 0) is 44.0 Å². The van der Waals surface area contributed by atoms with Gasteiger partial charge in [0.25, 0.3) is 0 Å². The molecule has 1 heterocycles. The summed E-state index contributed by atoms with van der Waals surface area (Å²) in [6, 6.07) is 7.90. The lowest BCUT2D eigenvalue weighted by Crippen LogP contribution is -2.44. The Balaban J connectivity index is 1.92. The van der Waals surface area contributed by atoms with Crippen LogP contribution in [0.15, 0.2) is 29.2 Å². The van der Waals surface area contributed by atoms with E-state index in [1.807, 2.05) is 36.0 Å². The molecule has 0 bridgehead atoms. The van der Waals surface area contributed by atoms with Crippen molar-refractivity contribution in [3.05, 3.63) is 24.3 Å². The zero-order chi connectivity index (χ0) is 17.0. The highest BCUT2D eigenvalue weighted by Gasteiger charge is 2.26. The standard InChI is InChI=1S/C18H28N2O2S/c1-13(21)14-6-5-11-20(12-14)17(22)19-15-7-9-16(10-8-15)23-18(2,3)4/h7-10,13-14,21H,5-6,11-12H2,1-4H3,(H,19,22). The number of hydrogen-bond donors (Lipinski definition) is 2. The molecule has 1 saturated heterocycles. The summed E-state index contributed by atoms with van der Waals surface area (Å²) in [6.07, 6.45) is 1.57. The number of hydrogen-bond acceptors (Lipinski definition) is 3. The summed E-state index contributed by atoms with van der Waals surface area (Å²) in [5, 5.41) is 12.7. The van der Waals surface area contributed by atoms with E-state index in [1.165, 1.54) is 4.90 Å². The third kappa shape index (κ3) is 5.74. The number of amides is 2. The van der Waals surface area contributed by atoms with Crippen LogP contribution in [0.3, 0.4) is 0 Å². The molecule has 128 valence electrons. The van der Waals surface area contributed by atoms with Crippen LogP contribution in [0.4, 0.5) is 10.5 Å². The topological polar surface area (TPSA) is 52.6 Å². The number of benzene rings is 1. The lowest BCUT2D eigenvalue weighted by atomic mass is 9.94. The van der Waals surface area contributed by atoms with Crippen LogP contribution in [0.25, 0.3) is 0 Å². The number of anilines is 1. The second-order valence-corrected chi connectivity index (χ2v) is 9.16. The lowest BCUT2D eigenvalue weighted by Gasteiger charge is -2.34. The summed E-state index contributed by atoms with van der Waals surface area (Å²) in [6.45, 7) is 9.74. The Morgan fingerprint density at radius 2 is 2.00 bits per heavy atom. The minimum atomic E-state index is -0.362. The van der Waals surface area contributed by atoms with E-state index in [1.54, 1.807) is 11.8 Å². The van der Waals surface area contributed by atoms with Crippen molar-refractivity contribution in [2.24, 2.45) is 5.92 Å². The number of carbonyl (C=O) groups excluding carboxylic acids is 1. The zero-order valence-electron chi connectivity index (χ0n) is 14.5. The molecule has 2 atom stereocenters. The number of thioether (sulfide) groups is 1. The quantitative estimate of drug-likeness (QED) is 0.813. The van der Waals surface area contributed by atoms with Gasteiger partial charge in [0.05, 0.1) is 6.10 Å². The highest BCUT2D eigenvalue weighted by atomic mass is 32.2. The Morgan fingerprint density at radius 1 is 1.35 bits per heavy atom. The van der Waals surface area contributed by atoms with Gasteiger partial charge in [-0.2, -0.15) is 0 Å². The predicted octanol–water partition coefficient (Wildman–Crippen LogP) is 4.20. The van der Waals surface area contributed by atoms with Crippen LogP contribution in [0.5, 0.6) is 0 Å². The van der Waals surface area contributed by atoms with Gasteiger partial charge in [-0.15, -0.1) is 11.8 Å². The van der Waals surface area contributed by atoms with E-state index in [-0.39, 0.29) is 22.8 Å². The number of likely N-dealkylation sites (tertiary alicyclic amines) is 1. The van der Waals surface area contributed by atoms with E-state index >= 15 is 0 Å². The van der Waals surface area contributed by atoms with E-state index < -0.39 is 0 Å². The molecule has 0 aliphatic carbocycles. The molecule has 0 aromatic heterocycles. The maximum Gasteiger partial charge on any atom is 0.321 e. The summed E-state index contributed by atoms with van der Waals surface area (Å²) in [4.78, 5) is 15.4. The Hall–Kier alpha value is -1.20. The van der Waals surface area contributed by atoms with Crippen LogP contribution in [0.2, 0.25) is 0 Å². The predicted molar refractivity (Wildman–Crippen MR) is 97.0 cm³/mol. The Bertz CT molecular complexity index is 523. The van der Waals surface area contributed by atoms with Crippen molar-refractivity contribution < 1.29 is 9.90 Å². The van der Waals surface area contributed by atoms with Gasteiger partial charge in [0, 0.05) is 34.3 Å². The SMILES string of the molecule is CC(O)C1CCCN(C(=O)Nc2ccc(SC(C)(C)C)cc2)C1. The van der Waals surface area contributed by atoms with Gasteiger partial charge in [-0.3, -0.25) is 0 Å². The number of aliphatic hydroxyl groups excluding tert-OH is 1. The highest BCUT2D eigenvalue weighted by Crippen LogP contribution is 2.32. The molecule has 23 heavy (non-hydrogen) atoms. The molecule has 1 aliphatic rings. The summed E-state index contributed by atoms with van der Waals surface area (Å²) in [5.74, 6) is 0.181. The van der Waals surface area contributed by atoms with Gasteiger partial charge in [0.2, 0.25) is 0 Å². The van der Waals surface area contributed by atoms with Crippen molar-refractivity contribution in [1.29, 1.82) is 0 Å². The number of rotatable bonds is 3. The molecule has 5 heteroatoms. The Morgan fingerprint density at radius 3 is 2.57 bits per heavy atom. The largest absolute Gasteiger partial charge is 0.393 e. The van der Waals surface area contributed by atoms with Crippen LogP contribution in [-0.2, 0) is 0 Å². The molecule has 4 nitrogen and oxygen atoms in total. The smallest absolute Gasteiger partial charge is 0.321 e. The van der Waals surface area contributed by atoms with Crippen molar-refractivity contribution >= 4 is 23.5 Å². The first-order chi connectivity index (χ1) is 10.7. The van der Waals surface area contributed by atoms with Crippen molar-refractivity contribution in [1.82, 2.24) is 4.90 Å². The van der Waals surface area contributed by atoms with Crippen molar-refractivity contribution in [3.8, 4) is 0 Å². The van der Waals surface area contributed by atoms with Crippen LogP contribution in [0.1, 0.15) is 40.5 Å². The third-order valence-corrected chi connectivity index (χ3v) is 5.08. The molecule has 1 aromatic carbocycles. The molecule has 2 rings (SSSR count). The molecular formula is C18H28N2O2S. The first-order valence-corrected chi connectivity index (χ1v) is 9.09. The summed E-state index contributed by atoms with van der Waals surface area (Å²) >= 11 is 1.81.